The Balaban J connectivity index is 2.28. The molecule has 0 aliphatic heterocycles. The van der Waals surface area contributed by atoms with Gasteiger partial charge in [0.15, 0.2) is 23.0 Å². The second-order valence-corrected chi connectivity index (χ2v) is 4.19. The summed E-state index contributed by atoms with van der Waals surface area (Å²) in [5.74, 6) is 0.863. The molecular weight excluding hydrogens is 246 g/mol. The summed E-state index contributed by atoms with van der Waals surface area (Å²) in [6.45, 7) is 4.03. The number of oxime groups is 1. The lowest BCUT2D eigenvalue weighted by Gasteiger charge is -2.07. The predicted molar refractivity (Wildman–Crippen MR) is 69.4 cm³/mol. The van der Waals surface area contributed by atoms with E-state index in [0.717, 1.165) is 0 Å². The molecule has 0 atom stereocenters. The second kappa shape index (κ2) is 5.38. The van der Waals surface area contributed by atoms with Crippen molar-refractivity contribution < 1.29 is 9.94 Å². The first-order valence-electron chi connectivity index (χ1n) is 5.76. The molecule has 19 heavy (non-hydrogen) atoms. The molecule has 0 bridgehead atoms. The van der Waals surface area contributed by atoms with E-state index in [9.17, 15) is 0 Å². The molecule has 100 valence electrons. The smallest absolute Gasteiger partial charge is 0.192 e. The lowest BCUT2D eigenvalue weighted by molar-refractivity contribution is 0.318. The van der Waals surface area contributed by atoms with Crippen molar-refractivity contribution in [3.8, 4) is 11.5 Å². The van der Waals surface area contributed by atoms with Gasteiger partial charge in [0.25, 0.3) is 0 Å². The van der Waals surface area contributed by atoms with E-state index in [4.69, 9.17) is 15.7 Å². The number of hydrogen-bond donors (Lipinski definition) is 2. The first-order chi connectivity index (χ1) is 9.11. The number of pyridine rings is 1. The fourth-order valence-corrected chi connectivity index (χ4v) is 1.50. The quantitative estimate of drug-likeness (QED) is 0.378. The minimum absolute atomic E-state index is 0.105. The van der Waals surface area contributed by atoms with Gasteiger partial charge >= 0.3 is 0 Å². The van der Waals surface area contributed by atoms with Gasteiger partial charge in [-0.2, -0.15) is 5.10 Å². The SMILES string of the molecule is CC(C)n1cc(Oc2cccnc2/C(N)=N/O)cn1. The molecule has 7 heteroatoms. The lowest BCUT2D eigenvalue weighted by Crippen LogP contribution is -2.15. The summed E-state index contributed by atoms with van der Waals surface area (Å²) in [6, 6.07) is 3.64. The number of hydrogen-bond acceptors (Lipinski definition) is 5. The molecule has 0 aromatic carbocycles. The maximum atomic E-state index is 8.71. The van der Waals surface area contributed by atoms with E-state index in [-0.39, 0.29) is 17.6 Å². The van der Waals surface area contributed by atoms with Crippen LogP contribution in [0.15, 0.2) is 35.9 Å². The average Bonchev–Trinajstić information content (AvgIpc) is 2.87. The normalized spacial score (nSPS) is 11.8. The van der Waals surface area contributed by atoms with Crippen molar-refractivity contribution >= 4 is 5.84 Å². The molecule has 0 spiro atoms. The summed E-state index contributed by atoms with van der Waals surface area (Å²) in [7, 11) is 0. The molecule has 0 aliphatic carbocycles. The van der Waals surface area contributed by atoms with Gasteiger partial charge in [0.1, 0.15) is 0 Å². The van der Waals surface area contributed by atoms with E-state index < -0.39 is 0 Å². The molecule has 3 N–H and O–H groups in total. The van der Waals surface area contributed by atoms with E-state index in [1.165, 1.54) is 6.20 Å². The van der Waals surface area contributed by atoms with Crippen LogP contribution < -0.4 is 10.5 Å². The third-order valence-corrected chi connectivity index (χ3v) is 2.46. The monoisotopic (exact) mass is 261 g/mol. The van der Waals surface area contributed by atoms with Crippen LogP contribution in [0.5, 0.6) is 11.5 Å². The molecule has 0 fully saturated rings. The van der Waals surface area contributed by atoms with Crippen molar-refractivity contribution in [2.75, 3.05) is 0 Å². The van der Waals surface area contributed by atoms with Crippen molar-refractivity contribution in [3.63, 3.8) is 0 Å². The summed E-state index contributed by atoms with van der Waals surface area (Å²) in [4.78, 5) is 4.02. The molecule has 7 nitrogen and oxygen atoms in total. The molecule has 0 saturated heterocycles. The minimum Gasteiger partial charge on any atom is -0.452 e. The van der Waals surface area contributed by atoms with Crippen LogP contribution >= 0.6 is 0 Å². The molecule has 2 aromatic rings. The average molecular weight is 261 g/mol. The Morgan fingerprint density at radius 2 is 2.32 bits per heavy atom. The van der Waals surface area contributed by atoms with Gasteiger partial charge in [-0.3, -0.25) is 4.68 Å². The Labute approximate surface area is 110 Å². The molecule has 0 saturated carbocycles. The van der Waals surface area contributed by atoms with Crippen LogP contribution in [0.25, 0.3) is 0 Å². The Morgan fingerprint density at radius 1 is 1.53 bits per heavy atom. The summed E-state index contributed by atoms with van der Waals surface area (Å²) in [5.41, 5.74) is 5.82. The topological polar surface area (TPSA) is 98.6 Å². The predicted octanol–water partition coefficient (Wildman–Crippen LogP) is 1.75. The molecule has 2 rings (SSSR count). The molecule has 0 unspecified atom stereocenters. The highest BCUT2D eigenvalue weighted by Crippen LogP contribution is 2.24. The zero-order valence-electron chi connectivity index (χ0n) is 10.7. The van der Waals surface area contributed by atoms with Crippen molar-refractivity contribution in [3.05, 3.63) is 36.4 Å². The standard InChI is InChI=1S/C12H15N5O2/c1-8(2)17-7-9(6-15-17)19-10-4-3-5-14-11(10)12(13)16-18/h3-8,18H,1-2H3,(H2,13,16). The van der Waals surface area contributed by atoms with Crippen LogP contribution in [-0.4, -0.2) is 25.8 Å². The Bertz CT molecular complexity index is 591. The van der Waals surface area contributed by atoms with Crippen molar-refractivity contribution in [2.24, 2.45) is 10.9 Å². The lowest BCUT2D eigenvalue weighted by atomic mass is 10.3. The van der Waals surface area contributed by atoms with Crippen LogP contribution in [0.4, 0.5) is 0 Å². The van der Waals surface area contributed by atoms with Crippen LogP contribution in [-0.2, 0) is 0 Å². The summed E-state index contributed by atoms with van der Waals surface area (Å²) >= 11 is 0. The Kier molecular flexibility index (Phi) is 3.65. The van der Waals surface area contributed by atoms with Gasteiger partial charge in [0.2, 0.25) is 0 Å². The van der Waals surface area contributed by atoms with E-state index in [2.05, 4.69) is 15.2 Å². The molecule has 0 aliphatic rings. The number of nitrogens with two attached hydrogens (primary N) is 1. The maximum absolute atomic E-state index is 8.71. The third-order valence-electron chi connectivity index (χ3n) is 2.46. The van der Waals surface area contributed by atoms with Crippen molar-refractivity contribution in [2.45, 2.75) is 19.9 Å². The zero-order chi connectivity index (χ0) is 13.8. The van der Waals surface area contributed by atoms with Crippen molar-refractivity contribution in [1.82, 2.24) is 14.8 Å². The summed E-state index contributed by atoms with van der Waals surface area (Å²) in [6.07, 6.45) is 4.91. The zero-order valence-corrected chi connectivity index (χ0v) is 10.7. The number of aromatic nitrogens is 3. The van der Waals surface area contributed by atoms with Gasteiger partial charge in [0, 0.05) is 12.2 Å². The molecular formula is C12H15N5O2. The van der Waals surface area contributed by atoms with Gasteiger partial charge in [-0.1, -0.05) is 5.16 Å². The van der Waals surface area contributed by atoms with Gasteiger partial charge < -0.3 is 15.7 Å². The van der Waals surface area contributed by atoms with E-state index in [1.54, 1.807) is 29.2 Å². The Morgan fingerprint density at radius 3 is 2.95 bits per heavy atom. The molecule has 2 aromatic heterocycles. The second-order valence-electron chi connectivity index (χ2n) is 4.19. The Hall–Kier alpha value is -2.57. The fraction of sp³-hybridized carbons (Fsp3) is 0.250. The van der Waals surface area contributed by atoms with Gasteiger partial charge in [0.05, 0.1) is 12.4 Å². The summed E-state index contributed by atoms with van der Waals surface area (Å²) < 4.78 is 7.42. The number of amidine groups is 1. The minimum atomic E-state index is -0.105. The number of nitrogens with zero attached hydrogens (tertiary/aromatic N) is 4. The number of ether oxygens (including phenoxy) is 1. The first kappa shape index (κ1) is 12.9. The van der Waals surface area contributed by atoms with E-state index >= 15 is 0 Å². The first-order valence-corrected chi connectivity index (χ1v) is 5.76. The van der Waals surface area contributed by atoms with Gasteiger partial charge in [-0.15, -0.1) is 0 Å². The highest BCUT2D eigenvalue weighted by Gasteiger charge is 2.11. The van der Waals surface area contributed by atoms with Gasteiger partial charge in [-0.05, 0) is 26.0 Å². The fourth-order valence-electron chi connectivity index (χ4n) is 1.50. The van der Waals surface area contributed by atoms with Crippen LogP contribution in [0, 0.1) is 0 Å². The van der Waals surface area contributed by atoms with Crippen LogP contribution in [0.3, 0.4) is 0 Å². The highest BCUT2D eigenvalue weighted by molar-refractivity contribution is 5.97. The highest BCUT2D eigenvalue weighted by atomic mass is 16.5. The van der Waals surface area contributed by atoms with Gasteiger partial charge in [-0.25, -0.2) is 4.98 Å². The van der Waals surface area contributed by atoms with Crippen molar-refractivity contribution in [1.29, 1.82) is 0 Å². The van der Waals surface area contributed by atoms with Crippen LogP contribution in [0.2, 0.25) is 0 Å². The third kappa shape index (κ3) is 2.82. The maximum Gasteiger partial charge on any atom is 0.192 e. The molecule has 0 amide bonds. The van der Waals surface area contributed by atoms with E-state index in [1.807, 2.05) is 13.8 Å². The number of rotatable bonds is 4. The largest absolute Gasteiger partial charge is 0.452 e. The van der Waals surface area contributed by atoms with Crippen LogP contribution in [0.1, 0.15) is 25.6 Å². The molecule has 2 heterocycles. The molecule has 0 radical (unpaired) electrons. The van der Waals surface area contributed by atoms with E-state index in [0.29, 0.717) is 11.5 Å². The summed E-state index contributed by atoms with van der Waals surface area (Å²) in [5, 5.41) is 15.8.